The van der Waals surface area contributed by atoms with Crippen molar-refractivity contribution >= 4 is 23.8 Å². The number of carbonyl (C=O) groups is 2. The highest BCUT2D eigenvalue weighted by Gasteiger charge is 2.13. The van der Waals surface area contributed by atoms with Crippen molar-refractivity contribution < 1.29 is 23.8 Å². The normalized spacial score (nSPS) is 10.0. The molecule has 0 saturated heterocycles. The first-order valence-electron chi connectivity index (χ1n) is 6.33. The van der Waals surface area contributed by atoms with Gasteiger partial charge in [0.05, 0.1) is 12.1 Å². The maximum Gasteiger partial charge on any atom is 0.257 e. The maximum absolute atomic E-state index is 11.6. The molecule has 0 aliphatic heterocycles. The Kier molecular flexibility index (Phi) is 7.56. The lowest BCUT2D eigenvalue weighted by atomic mass is 10.2. The van der Waals surface area contributed by atoms with Gasteiger partial charge in [0, 0.05) is 25.8 Å². The molecule has 1 amide bonds. The molecule has 0 radical (unpaired) electrons. The maximum atomic E-state index is 11.6. The molecule has 0 aromatic heterocycles. The number of aldehydes is 1. The van der Waals surface area contributed by atoms with Crippen LogP contribution in [-0.4, -0.2) is 46.2 Å². The molecular weight excluding hydrogens is 298 g/mol. The molecule has 6 nitrogen and oxygen atoms in total. The summed E-state index contributed by atoms with van der Waals surface area (Å²) in [4.78, 5) is 22.3. The summed E-state index contributed by atoms with van der Waals surface area (Å²) in [6.45, 7) is 0.891. The molecule has 1 N–H and O–H groups in total. The van der Waals surface area contributed by atoms with Crippen LogP contribution in [0.25, 0.3) is 0 Å². The average Bonchev–Trinajstić information content (AvgIpc) is 2.49. The third kappa shape index (κ3) is 5.61. The number of halogens is 1. The fourth-order valence-corrected chi connectivity index (χ4v) is 1.85. The number of carbonyl (C=O) groups excluding carboxylic acids is 2. The Hall–Kier alpha value is -1.79. The molecular formula is C14H18ClNO5. The van der Waals surface area contributed by atoms with Crippen molar-refractivity contribution in [2.45, 2.75) is 6.42 Å². The summed E-state index contributed by atoms with van der Waals surface area (Å²) in [6, 6.07) is 2.94. The van der Waals surface area contributed by atoms with Gasteiger partial charge in [-0.25, -0.2) is 0 Å². The monoisotopic (exact) mass is 315 g/mol. The van der Waals surface area contributed by atoms with Gasteiger partial charge in [0.15, 0.2) is 18.1 Å². The zero-order valence-electron chi connectivity index (χ0n) is 12.0. The van der Waals surface area contributed by atoms with Gasteiger partial charge < -0.3 is 19.5 Å². The van der Waals surface area contributed by atoms with Gasteiger partial charge >= 0.3 is 0 Å². The Balaban J connectivity index is 2.58. The third-order valence-electron chi connectivity index (χ3n) is 2.58. The smallest absolute Gasteiger partial charge is 0.257 e. The van der Waals surface area contributed by atoms with Crippen LogP contribution >= 0.6 is 11.6 Å². The quantitative estimate of drug-likeness (QED) is 0.554. The molecule has 7 heteroatoms. The second-order valence-corrected chi connectivity index (χ2v) is 4.54. The zero-order chi connectivity index (χ0) is 15.7. The van der Waals surface area contributed by atoms with Gasteiger partial charge in [-0.2, -0.15) is 0 Å². The number of hydrogen-bond donors (Lipinski definition) is 1. The molecule has 1 rings (SSSR count). The highest BCUT2D eigenvalue weighted by molar-refractivity contribution is 6.32. The van der Waals surface area contributed by atoms with Crippen molar-refractivity contribution in [3.63, 3.8) is 0 Å². The van der Waals surface area contributed by atoms with Crippen molar-refractivity contribution in [2.24, 2.45) is 0 Å². The Morgan fingerprint density at radius 2 is 2.14 bits per heavy atom. The second kappa shape index (κ2) is 9.20. The molecule has 1 aromatic rings. The van der Waals surface area contributed by atoms with E-state index in [1.807, 2.05) is 0 Å². The van der Waals surface area contributed by atoms with Crippen molar-refractivity contribution in [3.05, 3.63) is 22.7 Å². The Labute approximate surface area is 128 Å². The first-order chi connectivity index (χ1) is 10.1. The van der Waals surface area contributed by atoms with Crippen LogP contribution in [0.2, 0.25) is 5.02 Å². The van der Waals surface area contributed by atoms with Crippen molar-refractivity contribution in [1.29, 1.82) is 0 Å². The van der Waals surface area contributed by atoms with Gasteiger partial charge in [-0.1, -0.05) is 11.6 Å². The number of methoxy groups -OCH3 is 2. The lowest BCUT2D eigenvalue weighted by Gasteiger charge is -2.13. The molecule has 0 atom stereocenters. The van der Waals surface area contributed by atoms with E-state index >= 15 is 0 Å². The zero-order valence-corrected chi connectivity index (χ0v) is 12.7. The van der Waals surface area contributed by atoms with Crippen LogP contribution in [0, 0.1) is 0 Å². The largest absolute Gasteiger partial charge is 0.493 e. The van der Waals surface area contributed by atoms with Crippen LogP contribution in [-0.2, 0) is 9.53 Å². The van der Waals surface area contributed by atoms with Gasteiger partial charge in [-0.15, -0.1) is 0 Å². The summed E-state index contributed by atoms with van der Waals surface area (Å²) in [5, 5.41) is 2.89. The van der Waals surface area contributed by atoms with Crippen LogP contribution in [0.15, 0.2) is 12.1 Å². The van der Waals surface area contributed by atoms with Gasteiger partial charge in [0.1, 0.15) is 6.29 Å². The Morgan fingerprint density at radius 3 is 2.76 bits per heavy atom. The highest BCUT2D eigenvalue weighted by atomic mass is 35.5. The van der Waals surface area contributed by atoms with E-state index in [0.29, 0.717) is 30.8 Å². The van der Waals surface area contributed by atoms with E-state index in [9.17, 15) is 9.59 Å². The number of nitrogens with one attached hydrogen (secondary N) is 1. The summed E-state index contributed by atoms with van der Waals surface area (Å²) < 4.78 is 15.3. The number of amides is 1. The minimum atomic E-state index is -0.274. The predicted octanol–water partition coefficient (Wildman–Crippen LogP) is 1.69. The molecule has 0 aliphatic carbocycles. The third-order valence-corrected chi connectivity index (χ3v) is 2.86. The van der Waals surface area contributed by atoms with Gasteiger partial charge in [0.2, 0.25) is 0 Å². The lowest BCUT2D eigenvalue weighted by Crippen LogP contribution is -2.30. The molecule has 1 aromatic carbocycles. The van der Waals surface area contributed by atoms with Crippen LogP contribution in [0.4, 0.5) is 0 Å². The molecule has 0 saturated carbocycles. The predicted molar refractivity (Wildman–Crippen MR) is 78.4 cm³/mol. The van der Waals surface area contributed by atoms with Gasteiger partial charge in [-0.3, -0.25) is 9.59 Å². The summed E-state index contributed by atoms with van der Waals surface area (Å²) in [7, 11) is 3.03. The minimum absolute atomic E-state index is 0.191. The topological polar surface area (TPSA) is 73.9 Å². The van der Waals surface area contributed by atoms with Crippen LogP contribution < -0.4 is 14.8 Å². The van der Waals surface area contributed by atoms with Crippen LogP contribution in [0.3, 0.4) is 0 Å². The molecule has 0 aliphatic rings. The number of rotatable bonds is 9. The molecule has 0 fully saturated rings. The fourth-order valence-electron chi connectivity index (χ4n) is 1.58. The van der Waals surface area contributed by atoms with Crippen molar-refractivity contribution in [2.75, 3.05) is 34.0 Å². The van der Waals surface area contributed by atoms with E-state index in [-0.39, 0.29) is 23.3 Å². The Bertz CT molecular complexity index is 492. The summed E-state index contributed by atoms with van der Waals surface area (Å²) >= 11 is 6.01. The molecule has 0 heterocycles. The number of hydrogen-bond acceptors (Lipinski definition) is 5. The van der Waals surface area contributed by atoms with E-state index in [1.54, 1.807) is 7.11 Å². The first-order valence-corrected chi connectivity index (χ1v) is 6.71. The van der Waals surface area contributed by atoms with Crippen molar-refractivity contribution in [3.8, 4) is 11.5 Å². The summed E-state index contributed by atoms with van der Waals surface area (Å²) in [5.41, 5.74) is 0.369. The first kappa shape index (κ1) is 17.3. The summed E-state index contributed by atoms with van der Waals surface area (Å²) in [6.07, 6.45) is 1.38. The fraction of sp³-hybridized carbons (Fsp3) is 0.429. The molecule has 0 unspecified atom stereocenters. The van der Waals surface area contributed by atoms with E-state index in [0.717, 1.165) is 6.42 Å². The van der Waals surface area contributed by atoms with E-state index < -0.39 is 0 Å². The molecule has 21 heavy (non-hydrogen) atoms. The SMILES string of the molecule is COCCCNC(=O)COc1c(Cl)cc(C=O)cc1OC. The van der Waals surface area contributed by atoms with Gasteiger partial charge in [-0.05, 0) is 18.6 Å². The average molecular weight is 316 g/mol. The molecule has 116 valence electrons. The molecule has 0 bridgehead atoms. The van der Waals surface area contributed by atoms with E-state index in [4.69, 9.17) is 25.8 Å². The number of benzene rings is 1. The van der Waals surface area contributed by atoms with E-state index in [2.05, 4.69) is 5.32 Å². The standard InChI is InChI=1S/C14H18ClNO5/c1-19-5-3-4-16-13(18)9-21-14-11(15)6-10(8-17)7-12(14)20-2/h6-8H,3-5,9H2,1-2H3,(H,16,18). The lowest BCUT2D eigenvalue weighted by molar-refractivity contribution is -0.123. The van der Waals surface area contributed by atoms with E-state index in [1.165, 1.54) is 19.2 Å². The minimum Gasteiger partial charge on any atom is -0.493 e. The Morgan fingerprint density at radius 1 is 1.38 bits per heavy atom. The van der Waals surface area contributed by atoms with Crippen molar-refractivity contribution in [1.82, 2.24) is 5.32 Å². The second-order valence-electron chi connectivity index (χ2n) is 4.14. The number of ether oxygens (including phenoxy) is 3. The van der Waals surface area contributed by atoms with Crippen LogP contribution in [0.1, 0.15) is 16.8 Å². The summed E-state index contributed by atoms with van der Waals surface area (Å²) in [5.74, 6) is 0.261. The highest BCUT2D eigenvalue weighted by Crippen LogP contribution is 2.35. The molecule has 0 spiro atoms. The van der Waals surface area contributed by atoms with Crippen LogP contribution in [0.5, 0.6) is 11.5 Å². The van der Waals surface area contributed by atoms with Gasteiger partial charge in [0.25, 0.3) is 5.91 Å².